The lowest BCUT2D eigenvalue weighted by atomic mass is 10.2. The molecule has 0 aliphatic carbocycles. The molecular weight excluding hydrogens is 434 g/mol. The van der Waals surface area contributed by atoms with Crippen LogP contribution in [0.2, 0.25) is 5.02 Å². The number of rotatable bonds is 8. The van der Waals surface area contributed by atoms with Crippen molar-refractivity contribution in [1.82, 2.24) is 20.0 Å². The number of thiophene rings is 1. The van der Waals surface area contributed by atoms with E-state index < -0.39 is 0 Å². The number of carbonyl (C=O) groups excluding carboxylic acids is 1. The Bertz CT molecular complexity index is 985. The van der Waals surface area contributed by atoms with Gasteiger partial charge in [0.25, 0.3) is 5.89 Å². The molecule has 0 N–H and O–H groups in total. The summed E-state index contributed by atoms with van der Waals surface area (Å²) in [4.78, 5) is 20.3. The van der Waals surface area contributed by atoms with Gasteiger partial charge < -0.3 is 14.2 Å². The molecule has 0 radical (unpaired) electrons. The number of nitrogens with zero attached hydrogens (tertiary/aromatic N) is 5. The van der Waals surface area contributed by atoms with Crippen LogP contribution in [0.3, 0.4) is 0 Å². The predicted molar refractivity (Wildman–Crippen MR) is 123 cm³/mol. The summed E-state index contributed by atoms with van der Waals surface area (Å²) in [7, 11) is 0. The minimum absolute atomic E-state index is 0.0916. The van der Waals surface area contributed by atoms with Crippen molar-refractivity contribution in [3.05, 3.63) is 52.7 Å². The summed E-state index contributed by atoms with van der Waals surface area (Å²) in [5.74, 6) is 1.07. The number of halogens is 1. The number of hydrogen-bond acceptors (Lipinski definition) is 7. The van der Waals surface area contributed by atoms with Crippen molar-refractivity contribution >= 4 is 34.5 Å². The first kappa shape index (κ1) is 21.8. The third-order valence-corrected chi connectivity index (χ3v) is 6.37. The van der Waals surface area contributed by atoms with Gasteiger partial charge in [-0.15, -0.1) is 21.5 Å². The molecule has 0 saturated carbocycles. The molecule has 2 aromatic heterocycles. The van der Waals surface area contributed by atoms with Gasteiger partial charge in [-0.05, 0) is 36.1 Å². The van der Waals surface area contributed by atoms with Crippen molar-refractivity contribution in [3.8, 4) is 10.8 Å². The van der Waals surface area contributed by atoms with Gasteiger partial charge in [0, 0.05) is 43.4 Å². The van der Waals surface area contributed by atoms with Crippen LogP contribution in [-0.2, 0) is 11.3 Å². The highest BCUT2D eigenvalue weighted by atomic mass is 35.5. The largest absolute Gasteiger partial charge is 0.418 e. The molecule has 164 valence electrons. The molecule has 7 nitrogen and oxygen atoms in total. The first-order chi connectivity index (χ1) is 15.1. The number of hydrogen-bond donors (Lipinski definition) is 0. The van der Waals surface area contributed by atoms with Crippen molar-refractivity contribution in [3.63, 3.8) is 0 Å². The van der Waals surface area contributed by atoms with Gasteiger partial charge in [-0.25, -0.2) is 0 Å². The van der Waals surface area contributed by atoms with E-state index in [2.05, 4.69) is 33.0 Å². The summed E-state index contributed by atoms with van der Waals surface area (Å²) in [5.41, 5.74) is 1.13. The maximum absolute atomic E-state index is 13.0. The van der Waals surface area contributed by atoms with Crippen LogP contribution in [0.4, 0.5) is 5.69 Å². The van der Waals surface area contributed by atoms with Gasteiger partial charge in [0.2, 0.25) is 11.8 Å². The Morgan fingerprint density at radius 3 is 2.74 bits per heavy atom. The van der Waals surface area contributed by atoms with E-state index >= 15 is 0 Å². The summed E-state index contributed by atoms with van der Waals surface area (Å²) < 4.78 is 5.78. The van der Waals surface area contributed by atoms with E-state index in [1.807, 2.05) is 40.6 Å². The second kappa shape index (κ2) is 10.3. The van der Waals surface area contributed by atoms with Crippen LogP contribution in [0.15, 0.2) is 46.2 Å². The fourth-order valence-corrected chi connectivity index (χ4v) is 4.50. The molecule has 1 aliphatic heterocycles. The smallest absolute Gasteiger partial charge is 0.257 e. The first-order valence-corrected chi connectivity index (χ1v) is 11.7. The van der Waals surface area contributed by atoms with Crippen molar-refractivity contribution in [2.75, 3.05) is 44.2 Å². The van der Waals surface area contributed by atoms with Gasteiger partial charge in [0.05, 0.1) is 18.0 Å². The number of aromatic nitrogens is 2. The van der Waals surface area contributed by atoms with Crippen LogP contribution in [0.25, 0.3) is 10.8 Å². The molecule has 1 amide bonds. The third kappa shape index (κ3) is 5.64. The average molecular weight is 460 g/mol. The van der Waals surface area contributed by atoms with Crippen LogP contribution in [-0.4, -0.2) is 65.2 Å². The molecule has 0 bridgehead atoms. The molecule has 1 aliphatic rings. The molecule has 1 saturated heterocycles. The normalized spacial score (nSPS) is 14.7. The minimum Gasteiger partial charge on any atom is -0.418 e. The molecular formula is C22H26ClN5O2S. The first-order valence-electron chi connectivity index (χ1n) is 10.5. The Morgan fingerprint density at radius 2 is 2.03 bits per heavy atom. The number of amides is 1. The van der Waals surface area contributed by atoms with E-state index in [1.165, 1.54) is 0 Å². The molecule has 0 unspecified atom stereocenters. The van der Waals surface area contributed by atoms with Crippen LogP contribution >= 0.6 is 22.9 Å². The molecule has 1 fully saturated rings. The lowest BCUT2D eigenvalue weighted by Crippen LogP contribution is -2.50. The molecule has 0 spiro atoms. The number of benzene rings is 1. The van der Waals surface area contributed by atoms with E-state index in [4.69, 9.17) is 16.0 Å². The fraction of sp³-hybridized carbons (Fsp3) is 0.409. The zero-order valence-corrected chi connectivity index (χ0v) is 19.1. The highest BCUT2D eigenvalue weighted by Gasteiger charge is 2.23. The van der Waals surface area contributed by atoms with Gasteiger partial charge >= 0.3 is 0 Å². The maximum atomic E-state index is 13.0. The van der Waals surface area contributed by atoms with Gasteiger partial charge in [0.15, 0.2) is 0 Å². The van der Waals surface area contributed by atoms with Gasteiger partial charge in [-0.2, -0.15) is 0 Å². The Hall–Kier alpha value is -2.42. The maximum Gasteiger partial charge on any atom is 0.257 e. The Kier molecular flexibility index (Phi) is 7.21. The lowest BCUT2D eigenvalue weighted by Gasteiger charge is -2.36. The summed E-state index contributed by atoms with van der Waals surface area (Å²) in [6, 6.07) is 11.8. The Labute approximate surface area is 191 Å². The fourth-order valence-electron chi connectivity index (χ4n) is 3.67. The minimum atomic E-state index is 0.0916. The van der Waals surface area contributed by atoms with Crippen LogP contribution in [0, 0.1) is 0 Å². The van der Waals surface area contributed by atoms with E-state index in [0.717, 1.165) is 48.2 Å². The van der Waals surface area contributed by atoms with Gasteiger partial charge in [-0.1, -0.05) is 30.7 Å². The van der Waals surface area contributed by atoms with Crippen molar-refractivity contribution in [2.45, 2.75) is 19.9 Å². The van der Waals surface area contributed by atoms with Crippen molar-refractivity contribution < 1.29 is 9.21 Å². The van der Waals surface area contributed by atoms with Crippen molar-refractivity contribution in [1.29, 1.82) is 0 Å². The monoisotopic (exact) mass is 459 g/mol. The predicted octanol–water partition coefficient (Wildman–Crippen LogP) is 4.01. The SMILES string of the molecule is CCCN(Cc1nnc(-c2cccs2)o1)C(=O)CN1CCN(c2cccc(Cl)c2)CC1. The van der Waals surface area contributed by atoms with E-state index in [9.17, 15) is 4.79 Å². The third-order valence-electron chi connectivity index (χ3n) is 5.28. The van der Waals surface area contributed by atoms with Crippen LogP contribution in [0.1, 0.15) is 19.2 Å². The van der Waals surface area contributed by atoms with Crippen LogP contribution < -0.4 is 4.90 Å². The summed E-state index contributed by atoms with van der Waals surface area (Å²) in [6.07, 6.45) is 0.875. The molecule has 4 rings (SSSR count). The standard InChI is InChI=1S/C22H26ClN5O2S/c1-2-8-28(15-20-24-25-22(30-20)19-7-4-13-31-19)21(29)16-26-9-11-27(12-10-26)18-6-3-5-17(23)14-18/h3-7,13-14H,2,8-12,15-16H2,1H3. The molecule has 3 heterocycles. The second-order valence-electron chi connectivity index (χ2n) is 7.54. The van der Waals surface area contributed by atoms with Gasteiger partial charge in [-0.3, -0.25) is 9.69 Å². The molecule has 0 atom stereocenters. The molecule has 3 aromatic rings. The lowest BCUT2D eigenvalue weighted by molar-refractivity contribution is -0.133. The summed E-state index contributed by atoms with van der Waals surface area (Å²) >= 11 is 7.67. The molecule has 9 heteroatoms. The van der Waals surface area contributed by atoms with E-state index in [0.29, 0.717) is 31.4 Å². The second-order valence-corrected chi connectivity index (χ2v) is 8.92. The zero-order chi connectivity index (χ0) is 21.6. The van der Waals surface area contributed by atoms with Crippen LogP contribution in [0.5, 0.6) is 0 Å². The van der Waals surface area contributed by atoms with Gasteiger partial charge in [0.1, 0.15) is 0 Å². The van der Waals surface area contributed by atoms with E-state index in [1.54, 1.807) is 11.3 Å². The summed E-state index contributed by atoms with van der Waals surface area (Å²) in [6.45, 7) is 6.88. The molecule has 1 aromatic carbocycles. The Morgan fingerprint density at radius 1 is 1.19 bits per heavy atom. The quantitative estimate of drug-likeness (QED) is 0.507. The Balaban J connectivity index is 1.32. The summed E-state index contributed by atoms with van der Waals surface area (Å²) in [5, 5.41) is 11.0. The van der Waals surface area contributed by atoms with E-state index in [-0.39, 0.29) is 5.91 Å². The topological polar surface area (TPSA) is 65.7 Å². The number of carbonyl (C=O) groups is 1. The average Bonchev–Trinajstić information content (AvgIpc) is 3.46. The highest BCUT2D eigenvalue weighted by molar-refractivity contribution is 7.13. The van der Waals surface area contributed by atoms with Crippen molar-refractivity contribution in [2.24, 2.45) is 0 Å². The number of anilines is 1. The highest BCUT2D eigenvalue weighted by Crippen LogP contribution is 2.24. The molecule has 31 heavy (non-hydrogen) atoms. The zero-order valence-electron chi connectivity index (χ0n) is 17.5. The number of piperazine rings is 1.